The SMILES string of the molecule is Nc1cc(Cl)cc(C(=O)Cc2cc(F)ccc2Cl)c1. The summed E-state index contributed by atoms with van der Waals surface area (Å²) in [7, 11) is 0. The number of hydrogen-bond acceptors (Lipinski definition) is 2. The summed E-state index contributed by atoms with van der Waals surface area (Å²) in [5.41, 5.74) is 6.84. The molecule has 0 fully saturated rings. The number of nitrogen functional groups attached to an aromatic ring is 1. The van der Waals surface area contributed by atoms with Crippen LogP contribution in [0.15, 0.2) is 36.4 Å². The fourth-order valence-electron chi connectivity index (χ4n) is 1.73. The molecular formula is C14H10Cl2FNO. The summed E-state index contributed by atoms with van der Waals surface area (Å²) >= 11 is 11.8. The highest BCUT2D eigenvalue weighted by molar-refractivity contribution is 6.32. The molecule has 0 atom stereocenters. The van der Waals surface area contributed by atoms with Gasteiger partial charge in [0.05, 0.1) is 0 Å². The summed E-state index contributed by atoms with van der Waals surface area (Å²) in [6, 6.07) is 8.51. The maximum absolute atomic E-state index is 13.1. The third-order valence-electron chi connectivity index (χ3n) is 2.60. The van der Waals surface area contributed by atoms with E-state index in [0.29, 0.717) is 26.9 Å². The average molecular weight is 298 g/mol. The van der Waals surface area contributed by atoms with Crippen LogP contribution in [0, 0.1) is 5.82 Å². The predicted octanol–water partition coefficient (Wildman–Crippen LogP) is 4.14. The smallest absolute Gasteiger partial charge is 0.167 e. The molecule has 0 heterocycles. The molecule has 0 aliphatic carbocycles. The van der Waals surface area contributed by atoms with E-state index in [4.69, 9.17) is 28.9 Å². The van der Waals surface area contributed by atoms with Crippen LogP contribution < -0.4 is 5.73 Å². The van der Waals surface area contributed by atoms with E-state index in [1.807, 2.05) is 0 Å². The summed E-state index contributed by atoms with van der Waals surface area (Å²) < 4.78 is 13.1. The second kappa shape index (κ2) is 5.59. The zero-order valence-corrected chi connectivity index (χ0v) is 11.3. The van der Waals surface area contributed by atoms with Crippen LogP contribution in [-0.4, -0.2) is 5.78 Å². The van der Waals surface area contributed by atoms with Gasteiger partial charge in [0, 0.05) is 27.7 Å². The number of Topliss-reactive ketones (excluding diaryl/α,β-unsaturated/α-hetero) is 1. The Bertz CT molecular complexity index is 623. The van der Waals surface area contributed by atoms with Crippen LogP contribution in [0.25, 0.3) is 0 Å². The number of hydrogen-bond donors (Lipinski definition) is 1. The predicted molar refractivity (Wildman–Crippen MR) is 75.3 cm³/mol. The van der Waals surface area contributed by atoms with Crippen LogP contribution in [0.5, 0.6) is 0 Å². The number of benzene rings is 2. The largest absolute Gasteiger partial charge is 0.399 e. The monoisotopic (exact) mass is 297 g/mol. The maximum Gasteiger partial charge on any atom is 0.167 e. The Morgan fingerprint density at radius 1 is 1.16 bits per heavy atom. The molecule has 5 heteroatoms. The first kappa shape index (κ1) is 13.8. The van der Waals surface area contributed by atoms with E-state index in [2.05, 4.69) is 0 Å². The zero-order valence-electron chi connectivity index (χ0n) is 9.79. The van der Waals surface area contributed by atoms with Gasteiger partial charge in [-0.15, -0.1) is 0 Å². The van der Waals surface area contributed by atoms with Crippen molar-refractivity contribution in [1.29, 1.82) is 0 Å². The van der Waals surface area contributed by atoms with Crippen molar-refractivity contribution in [3.8, 4) is 0 Å². The third-order valence-corrected chi connectivity index (χ3v) is 3.19. The fraction of sp³-hybridized carbons (Fsp3) is 0.0714. The molecular weight excluding hydrogens is 288 g/mol. The van der Waals surface area contributed by atoms with Gasteiger partial charge < -0.3 is 5.73 Å². The first-order valence-electron chi connectivity index (χ1n) is 5.49. The molecule has 19 heavy (non-hydrogen) atoms. The molecule has 0 aromatic heterocycles. The lowest BCUT2D eigenvalue weighted by Crippen LogP contribution is -2.05. The first-order chi connectivity index (χ1) is 8.95. The number of ketones is 1. The minimum absolute atomic E-state index is 0.00360. The van der Waals surface area contributed by atoms with Crippen LogP contribution in [0.2, 0.25) is 10.0 Å². The van der Waals surface area contributed by atoms with Gasteiger partial charge >= 0.3 is 0 Å². The van der Waals surface area contributed by atoms with Crippen molar-refractivity contribution >= 4 is 34.7 Å². The molecule has 0 spiro atoms. The molecule has 0 unspecified atom stereocenters. The van der Waals surface area contributed by atoms with Gasteiger partial charge in [-0.2, -0.15) is 0 Å². The lowest BCUT2D eigenvalue weighted by molar-refractivity contribution is 0.0993. The quantitative estimate of drug-likeness (QED) is 0.683. The van der Waals surface area contributed by atoms with Crippen molar-refractivity contribution in [3.05, 3.63) is 63.4 Å². The highest BCUT2D eigenvalue weighted by Crippen LogP contribution is 2.21. The molecule has 0 radical (unpaired) electrons. The van der Waals surface area contributed by atoms with Gasteiger partial charge in [0.15, 0.2) is 5.78 Å². The Morgan fingerprint density at radius 2 is 1.89 bits per heavy atom. The summed E-state index contributed by atoms with van der Waals surface area (Å²) in [5, 5.41) is 0.735. The molecule has 2 aromatic rings. The van der Waals surface area contributed by atoms with Gasteiger partial charge in [0.2, 0.25) is 0 Å². The second-order valence-corrected chi connectivity index (χ2v) is 4.95. The number of rotatable bonds is 3. The van der Waals surface area contributed by atoms with Gasteiger partial charge in [-0.3, -0.25) is 4.79 Å². The summed E-state index contributed by atoms with van der Waals surface area (Å²) in [4.78, 5) is 12.1. The number of carbonyl (C=O) groups is 1. The van der Waals surface area contributed by atoms with Gasteiger partial charge in [-0.25, -0.2) is 4.39 Å². The second-order valence-electron chi connectivity index (χ2n) is 4.11. The van der Waals surface area contributed by atoms with E-state index in [1.165, 1.54) is 30.3 Å². The first-order valence-corrected chi connectivity index (χ1v) is 6.24. The molecule has 2 N–H and O–H groups in total. The Morgan fingerprint density at radius 3 is 2.58 bits per heavy atom. The Hall–Kier alpha value is -1.58. The van der Waals surface area contributed by atoms with Crippen molar-refractivity contribution in [2.75, 3.05) is 5.73 Å². The summed E-state index contributed by atoms with van der Waals surface area (Å²) in [5.74, 6) is -0.653. The zero-order chi connectivity index (χ0) is 14.0. The Kier molecular flexibility index (Phi) is 4.08. The van der Waals surface area contributed by atoms with Crippen molar-refractivity contribution in [3.63, 3.8) is 0 Å². The molecule has 2 nitrogen and oxygen atoms in total. The number of anilines is 1. The topological polar surface area (TPSA) is 43.1 Å². The number of carbonyl (C=O) groups excluding carboxylic acids is 1. The van der Waals surface area contributed by atoms with Gasteiger partial charge in [0.1, 0.15) is 5.82 Å². The maximum atomic E-state index is 13.1. The lowest BCUT2D eigenvalue weighted by atomic mass is 10.0. The van der Waals surface area contributed by atoms with Crippen LogP contribution in [-0.2, 0) is 6.42 Å². The Labute approximate surface area is 119 Å². The van der Waals surface area contributed by atoms with Crippen molar-refractivity contribution in [1.82, 2.24) is 0 Å². The molecule has 0 aliphatic rings. The van der Waals surface area contributed by atoms with Crippen LogP contribution in [0.3, 0.4) is 0 Å². The van der Waals surface area contributed by atoms with E-state index >= 15 is 0 Å². The standard InChI is InChI=1S/C14H10Cl2FNO/c15-10-3-9(5-12(18)7-10)14(19)6-8-4-11(17)1-2-13(8)16/h1-5,7H,6,18H2. The highest BCUT2D eigenvalue weighted by atomic mass is 35.5. The molecule has 0 bridgehead atoms. The minimum atomic E-state index is -0.433. The molecule has 0 saturated carbocycles. The lowest BCUT2D eigenvalue weighted by Gasteiger charge is -2.06. The van der Waals surface area contributed by atoms with Crippen molar-refractivity contribution < 1.29 is 9.18 Å². The fourth-order valence-corrected chi connectivity index (χ4v) is 2.16. The van der Waals surface area contributed by atoms with E-state index in [0.717, 1.165) is 0 Å². The van der Waals surface area contributed by atoms with Crippen LogP contribution in [0.1, 0.15) is 15.9 Å². The molecule has 0 saturated heterocycles. The van der Waals surface area contributed by atoms with E-state index < -0.39 is 5.82 Å². The molecule has 98 valence electrons. The minimum Gasteiger partial charge on any atom is -0.399 e. The van der Waals surface area contributed by atoms with Gasteiger partial charge in [0.25, 0.3) is 0 Å². The van der Waals surface area contributed by atoms with Crippen LogP contribution >= 0.6 is 23.2 Å². The van der Waals surface area contributed by atoms with Crippen molar-refractivity contribution in [2.45, 2.75) is 6.42 Å². The molecule has 2 rings (SSSR count). The Balaban J connectivity index is 2.28. The molecule has 0 aliphatic heterocycles. The van der Waals surface area contributed by atoms with E-state index in [9.17, 15) is 9.18 Å². The summed E-state index contributed by atoms with van der Waals surface area (Å²) in [6.45, 7) is 0. The van der Waals surface area contributed by atoms with Crippen molar-refractivity contribution in [2.24, 2.45) is 0 Å². The molecule has 0 amide bonds. The number of halogens is 3. The normalized spacial score (nSPS) is 10.5. The van der Waals surface area contributed by atoms with Gasteiger partial charge in [-0.1, -0.05) is 23.2 Å². The van der Waals surface area contributed by atoms with Gasteiger partial charge in [-0.05, 0) is 42.0 Å². The highest BCUT2D eigenvalue weighted by Gasteiger charge is 2.12. The summed E-state index contributed by atoms with van der Waals surface area (Å²) in [6.07, 6.45) is -0.00360. The average Bonchev–Trinajstić information content (AvgIpc) is 2.32. The number of nitrogens with two attached hydrogens (primary N) is 1. The molecule has 2 aromatic carbocycles. The van der Waals surface area contributed by atoms with E-state index in [-0.39, 0.29) is 12.2 Å². The van der Waals surface area contributed by atoms with E-state index in [1.54, 1.807) is 6.07 Å². The van der Waals surface area contributed by atoms with Crippen LogP contribution in [0.4, 0.5) is 10.1 Å². The third kappa shape index (κ3) is 3.46.